The molecule has 3 unspecified atom stereocenters. The number of aromatic nitrogens is 2. The minimum Gasteiger partial charge on any atom is -0.404 e. The number of aromatic amines is 1. The molecule has 1 aromatic carbocycles. The number of nitrogens with zero attached hydrogens (tertiary/aromatic N) is 1. The van der Waals surface area contributed by atoms with Crippen LogP contribution in [0, 0.1) is 5.82 Å². The lowest BCUT2D eigenvalue weighted by Crippen LogP contribution is -2.45. The molecular weight excluding hydrogens is 450 g/mol. The topological polar surface area (TPSA) is 149 Å². The summed E-state index contributed by atoms with van der Waals surface area (Å²) < 4.78 is 47.4. The Bertz CT molecular complexity index is 1150. The van der Waals surface area contributed by atoms with E-state index in [4.69, 9.17) is 29.9 Å². The summed E-state index contributed by atoms with van der Waals surface area (Å²) in [5.41, 5.74) is -1.66. The van der Waals surface area contributed by atoms with E-state index >= 15 is 0 Å². The lowest BCUT2D eigenvalue weighted by Gasteiger charge is -2.32. The van der Waals surface area contributed by atoms with E-state index in [0.717, 1.165) is 4.57 Å². The van der Waals surface area contributed by atoms with E-state index in [1.165, 1.54) is 18.2 Å². The van der Waals surface area contributed by atoms with Crippen molar-refractivity contribution in [1.29, 1.82) is 0 Å². The van der Waals surface area contributed by atoms with Gasteiger partial charge in [0.1, 0.15) is 18.1 Å². The van der Waals surface area contributed by atoms with Crippen LogP contribution < -0.4 is 15.8 Å². The Balaban J connectivity index is 1.49. The van der Waals surface area contributed by atoms with Crippen LogP contribution in [0.5, 0.6) is 5.75 Å². The number of phosphoric acid groups is 1. The van der Waals surface area contributed by atoms with Crippen molar-refractivity contribution in [3.05, 3.63) is 61.6 Å². The Morgan fingerprint density at radius 2 is 2.10 bits per heavy atom. The fourth-order valence-electron chi connectivity index (χ4n) is 3.09. The number of aliphatic hydroxyl groups is 2. The molecule has 30 heavy (non-hydrogen) atoms. The molecule has 2 aliphatic heterocycles. The van der Waals surface area contributed by atoms with Gasteiger partial charge < -0.3 is 19.5 Å². The first-order valence-corrected chi connectivity index (χ1v) is 10.4. The van der Waals surface area contributed by atoms with Crippen LogP contribution in [0.2, 0.25) is 5.02 Å². The predicted molar refractivity (Wildman–Crippen MR) is 97.2 cm³/mol. The lowest BCUT2D eigenvalue weighted by atomic mass is 10.2. The summed E-state index contributed by atoms with van der Waals surface area (Å²) in [7, 11) is -4.45. The van der Waals surface area contributed by atoms with Gasteiger partial charge >= 0.3 is 19.5 Å². The highest BCUT2D eigenvalue weighted by Crippen LogP contribution is 2.57. The van der Waals surface area contributed by atoms with Gasteiger partial charge in [-0.3, -0.25) is 18.9 Å². The van der Waals surface area contributed by atoms with Crippen LogP contribution in [0.15, 0.2) is 34.0 Å². The van der Waals surface area contributed by atoms with Gasteiger partial charge in [0.25, 0.3) is 5.56 Å². The molecule has 162 valence electrons. The van der Waals surface area contributed by atoms with Crippen LogP contribution in [0.1, 0.15) is 24.6 Å². The summed E-state index contributed by atoms with van der Waals surface area (Å²) in [6.45, 7) is -0.219. The molecule has 14 heteroatoms. The predicted octanol–water partition coefficient (Wildman–Crippen LogP) is 1.38. The number of nitrogens with one attached hydrogen (secondary N) is 1. The number of halogens is 2. The Kier molecular flexibility index (Phi) is 5.35. The third-order valence-corrected chi connectivity index (χ3v) is 6.10. The number of ether oxygens (including phenoxy) is 1. The molecular formula is C16H15ClFN2O9P. The Morgan fingerprint density at radius 3 is 2.87 bits per heavy atom. The van der Waals surface area contributed by atoms with E-state index in [9.17, 15) is 28.8 Å². The molecule has 0 spiro atoms. The number of benzene rings is 1. The first-order chi connectivity index (χ1) is 14.1. The molecule has 11 nitrogen and oxygen atoms in total. The van der Waals surface area contributed by atoms with Gasteiger partial charge in [-0.05, 0) is 31.0 Å². The second-order valence-electron chi connectivity index (χ2n) is 6.61. The van der Waals surface area contributed by atoms with Crippen LogP contribution in [0.3, 0.4) is 0 Å². The largest absolute Gasteiger partial charge is 0.534 e. The van der Waals surface area contributed by atoms with E-state index < -0.39 is 43.2 Å². The zero-order chi connectivity index (χ0) is 21.7. The smallest absolute Gasteiger partial charge is 0.404 e. The Hall–Kier alpha value is -2.05. The first-order valence-electron chi connectivity index (χ1n) is 8.61. The molecule has 2 aliphatic rings. The Morgan fingerprint density at radius 1 is 1.33 bits per heavy atom. The SMILES string of the molecule is O=c1[nH]c(=O)n(C2CCC(C(O)(O)OP3(=O)OCc4cc(Cl)ccc4O3)O2)cc1F. The summed E-state index contributed by atoms with van der Waals surface area (Å²) in [4.78, 5) is 24.8. The highest BCUT2D eigenvalue weighted by Gasteiger charge is 2.50. The first kappa shape index (κ1) is 21.2. The second-order valence-corrected chi connectivity index (χ2v) is 8.57. The molecule has 1 fully saturated rings. The van der Waals surface area contributed by atoms with Gasteiger partial charge in [0.2, 0.25) is 5.82 Å². The summed E-state index contributed by atoms with van der Waals surface area (Å²) in [5, 5.41) is 21.0. The average Bonchev–Trinajstić information content (AvgIpc) is 3.15. The minimum absolute atomic E-state index is 0.0373. The molecule has 2 aromatic rings. The van der Waals surface area contributed by atoms with Gasteiger partial charge in [-0.25, -0.2) is 13.9 Å². The fourth-order valence-corrected chi connectivity index (χ4v) is 4.59. The molecule has 0 aliphatic carbocycles. The van der Waals surface area contributed by atoms with Crippen molar-refractivity contribution >= 4 is 19.4 Å². The van der Waals surface area contributed by atoms with Gasteiger partial charge in [-0.2, -0.15) is 4.39 Å². The van der Waals surface area contributed by atoms with Crippen molar-refractivity contribution in [3.63, 3.8) is 0 Å². The molecule has 4 rings (SSSR count). The normalized spacial score (nSPS) is 26.3. The molecule has 0 saturated carbocycles. The van der Waals surface area contributed by atoms with Crippen LogP contribution >= 0.6 is 19.4 Å². The van der Waals surface area contributed by atoms with Crippen molar-refractivity contribution in [2.45, 2.75) is 37.8 Å². The maximum atomic E-state index is 13.5. The Labute approximate surface area is 172 Å². The quantitative estimate of drug-likeness (QED) is 0.450. The maximum absolute atomic E-state index is 13.5. The van der Waals surface area contributed by atoms with E-state index in [-0.39, 0.29) is 25.2 Å². The number of hydrogen-bond donors (Lipinski definition) is 3. The number of rotatable bonds is 4. The van der Waals surface area contributed by atoms with Gasteiger partial charge in [0.05, 0.1) is 12.8 Å². The van der Waals surface area contributed by atoms with Gasteiger partial charge in [0.15, 0.2) is 0 Å². The number of phosphoric ester groups is 1. The minimum atomic E-state index is -4.45. The highest BCUT2D eigenvalue weighted by atomic mass is 35.5. The number of H-pyrrole nitrogens is 1. The summed E-state index contributed by atoms with van der Waals surface area (Å²) in [6, 6.07) is 4.43. The van der Waals surface area contributed by atoms with Crippen LogP contribution in [-0.2, 0) is 25.0 Å². The summed E-state index contributed by atoms with van der Waals surface area (Å²) >= 11 is 5.86. The van der Waals surface area contributed by atoms with Crippen LogP contribution in [0.25, 0.3) is 0 Å². The zero-order valence-corrected chi connectivity index (χ0v) is 16.6. The maximum Gasteiger partial charge on any atom is 0.534 e. The van der Waals surface area contributed by atoms with Crippen LogP contribution in [0.4, 0.5) is 4.39 Å². The summed E-state index contributed by atoms with van der Waals surface area (Å²) in [6.07, 6.45) is -2.02. The molecule has 3 N–H and O–H groups in total. The monoisotopic (exact) mass is 464 g/mol. The summed E-state index contributed by atoms with van der Waals surface area (Å²) in [5.74, 6) is -4.21. The van der Waals surface area contributed by atoms with Crippen molar-refractivity contribution in [2.75, 3.05) is 0 Å². The third-order valence-electron chi connectivity index (χ3n) is 4.51. The van der Waals surface area contributed by atoms with Crippen molar-refractivity contribution < 1.29 is 37.5 Å². The molecule has 0 radical (unpaired) electrons. The van der Waals surface area contributed by atoms with Crippen LogP contribution in [-0.4, -0.2) is 31.8 Å². The second kappa shape index (κ2) is 7.57. The molecule has 3 atom stereocenters. The highest BCUT2D eigenvalue weighted by molar-refractivity contribution is 7.49. The van der Waals surface area contributed by atoms with Crippen molar-refractivity contribution in [3.8, 4) is 5.75 Å². The van der Waals surface area contributed by atoms with Gasteiger partial charge in [-0.15, -0.1) is 0 Å². The molecule has 1 saturated heterocycles. The molecule has 3 heterocycles. The lowest BCUT2D eigenvalue weighted by molar-refractivity contribution is -0.349. The number of fused-ring (bicyclic) bond motifs is 1. The molecule has 0 bridgehead atoms. The van der Waals surface area contributed by atoms with E-state index in [2.05, 4.69) is 0 Å². The van der Waals surface area contributed by atoms with Gasteiger partial charge in [0, 0.05) is 10.6 Å². The van der Waals surface area contributed by atoms with E-state index in [0.29, 0.717) is 16.8 Å². The fraction of sp³-hybridized carbons (Fsp3) is 0.375. The zero-order valence-electron chi connectivity index (χ0n) is 15.0. The average molecular weight is 465 g/mol. The third kappa shape index (κ3) is 4.08. The molecule has 0 amide bonds. The van der Waals surface area contributed by atoms with E-state index in [1.54, 1.807) is 4.98 Å². The van der Waals surface area contributed by atoms with E-state index in [1.807, 2.05) is 0 Å². The standard InChI is InChI=1S/C16H15ClFN2O9P/c17-9-1-2-11-8(5-9)7-26-30(25,28-11)29-16(23,24)12-3-4-13(27-12)20-6-10(18)14(21)19-15(20)22/h1-2,5-6,12-13,23-24H,3-4,7H2,(H,19,21,22). The van der Waals surface area contributed by atoms with Crippen molar-refractivity contribution in [1.82, 2.24) is 9.55 Å². The molecule has 1 aromatic heterocycles. The van der Waals surface area contributed by atoms with Gasteiger partial charge in [-0.1, -0.05) is 11.6 Å². The number of hydrogen-bond acceptors (Lipinski definition) is 9. The van der Waals surface area contributed by atoms with Crippen molar-refractivity contribution in [2.24, 2.45) is 0 Å².